The van der Waals surface area contributed by atoms with E-state index >= 15 is 0 Å². The van der Waals surface area contributed by atoms with Crippen LogP contribution in [0.5, 0.6) is 5.75 Å². The van der Waals surface area contributed by atoms with Crippen molar-refractivity contribution in [3.05, 3.63) is 124 Å². The predicted octanol–water partition coefficient (Wildman–Crippen LogP) is 7.25. The molecule has 1 N–H and O–H groups in total. The molecule has 2 amide bonds. The van der Waals surface area contributed by atoms with Crippen LogP contribution in [0.4, 0.5) is 5.69 Å². The van der Waals surface area contributed by atoms with Crippen LogP contribution in [0.1, 0.15) is 38.3 Å². The smallest absolute Gasteiger partial charge is 0.264 e. The minimum absolute atomic E-state index is 0.0293. The number of carbonyl (C=O) groups excluding carboxylic acids is 2. The van der Waals surface area contributed by atoms with Crippen molar-refractivity contribution in [2.24, 2.45) is 0 Å². The van der Waals surface area contributed by atoms with Crippen LogP contribution < -0.4 is 14.4 Å². The minimum atomic E-state index is -4.25. The van der Waals surface area contributed by atoms with Crippen LogP contribution in [0.3, 0.4) is 0 Å². The number of nitrogens with one attached hydrogen (secondary N) is 1. The van der Waals surface area contributed by atoms with Crippen molar-refractivity contribution in [2.75, 3.05) is 17.5 Å². The van der Waals surface area contributed by atoms with Gasteiger partial charge in [0, 0.05) is 28.5 Å². The second kappa shape index (κ2) is 16.8. The van der Waals surface area contributed by atoms with Gasteiger partial charge in [-0.1, -0.05) is 76.9 Å². The van der Waals surface area contributed by atoms with Crippen molar-refractivity contribution in [1.29, 1.82) is 0 Å². The van der Waals surface area contributed by atoms with Gasteiger partial charge < -0.3 is 15.0 Å². The maximum Gasteiger partial charge on any atom is 0.264 e. The largest absolute Gasteiger partial charge is 0.494 e. The van der Waals surface area contributed by atoms with Gasteiger partial charge in [-0.25, -0.2) is 8.42 Å². The van der Waals surface area contributed by atoms with Gasteiger partial charge in [-0.3, -0.25) is 13.9 Å². The molecule has 0 aliphatic carbocycles. The average Bonchev–Trinajstić information content (AvgIpc) is 3.07. The van der Waals surface area contributed by atoms with Gasteiger partial charge in [0.1, 0.15) is 18.3 Å². The minimum Gasteiger partial charge on any atom is -0.494 e. The highest BCUT2D eigenvalue weighted by molar-refractivity contribution is 9.10. The number of benzene rings is 4. The zero-order valence-corrected chi connectivity index (χ0v) is 29.8. The van der Waals surface area contributed by atoms with E-state index < -0.39 is 28.5 Å². The highest BCUT2D eigenvalue weighted by Crippen LogP contribution is 2.28. The zero-order valence-electron chi connectivity index (χ0n) is 26.6. The summed E-state index contributed by atoms with van der Waals surface area (Å²) >= 11 is 9.53. The van der Waals surface area contributed by atoms with Gasteiger partial charge >= 0.3 is 0 Å². The normalized spacial score (nSPS) is 12.5. The lowest BCUT2D eigenvalue weighted by Crippen LogP contribution is -2.54. The van der Waals surface area contributed by atoms with Gasteiger partial charge in [0.2, 0.25) is 11.8 Å². The van der Waals surface area contributed by atoms with Crippen molar-refractivity contribution in [2.45, 2.75) is 57.1 Å². The van der Waals surface area contributed by atoms with E-state index in [1.807, 2.05) is 75.4 Å². The third-order valence-electron chi connectivity index (χ3n) is 7.65. The Labute approximate surface area is 290 Å². The number of sulfonamides is 1. The van der Waals surface area contributed by atoms with Gasteiger partial charge in [-0.15, -0.1) is 0 Å². The van der Waals surface area contributed by atoms with E-state index in [9.17, 15) is 18.0 Å². The highest BCUT2D eigenvalue weighted by atomic mass is 79.9. The molecule has 0 fully saturated rings. The molecule has 0 spiro atoms. The van der Waals surface area contributed by atoms with Gasteiger partial charge in [0.15, 0.2) is 0 Å². The fourth-order valence-electron chi connectivity index (χ4n) is 4.92. The third-order valence-corrected chi connectivity index (χ3v) is 10.2. The fraction of sp³-hybridized carbons (Fsp3) is 0.278. The van der Waals surface area contributed by atoms with Gasteiger partial charge in [0.25, 0.3) is 10.0 Å². The van der Waals surface area contributed by atoms with E-state index in [0.717, 1.165) is 19.9 Å². The Morgan fingerprint density at radius 2 is 1.51 bits per heavy atom. The summed E-state index contributed by atoms with van der Waals surface area (Å²) in [4.78, 5) is 30.0. The predicted molar refractivity (Wildman–Crippen MR) is 190 cm³/mol. The van der Waals surface area contributed by atoms with Crippen LogP contribution in [0.15, 0.2) is 112 Å². The Balaban J connectivity index is 1.80. The molecule has 0 saturated heterocycles. The third kappa shape index (κ3) is 9.82. The first-order chi connectivity index (χ1) is 22.5. The Kier molecular flexibility index (Phi) is 12.9. The molecule has 4 rings (SSSR count). The molecule has 0 saturated carbocycles. The molecule has 0 radical (unpaired) electrons. The molecule has 0 unspecified atom stereocenters. The monoisotopic (exact) mass is 739 g/mol. The van der Waals surface area contributed by atoms with E-state index in [0.29, 0.717) is 23.8 Å². The highest BCUT2D eigenvalue weighted by Gasteiger charge is 2.35. The molecule has 0 heterocycles. The molecule has 8 nitrogen and oxygen atoms in total. The van der Waals surface area contributed by atoms with Crippen molar-refractivity contribution in [3.63, 3.8) is 0 Å². The van der Waals surface area contributed by atoms with E-state index in [4.69, 9.17) is 16.3 Å². The molecule has 11 heteroatoms. The number of anilines is 1. The summed E-state index contributed by atoms with van der Waals surface area (Å²) in [6.45, 7) is 5.69. The number of halogens is 2. The molecule has 248 valence electrons. The summed E-state index contributed by atoms with van der Waals surface area (Å²) < 4.78 is 35.9. The number of ether oxygens (including phenoxy) is 1. The second-order valence-corrected chi connectivity index (χ2v) is 14.3. The van der Waals surface area contributed by atoms with Crippen molar-refractivity contribution in [3.8, 4) is 5.75 Å². The number of rotatable bonds is 15. The molecule has 4 aromatic rings. The molecular formula is C36H39BrClN3O5S. The Hall–Kier alpha value is -3.86. The SMILES string of the molecule is CCOc1ccc(N(CC(=O)N(Cc2ccc(Br)cc2)[C@@H](Cc2ccccc2)C(=O)N[C@@H](C)CC)S(=O)(=O)c2ccc(Cl)cc2)cc1. The van der Waals surface area contributed by atoms with Gasteiger partial charge in [-0.05, 0) is 92.1 Å². The average molecular weight is 741 g/mol. The summed E-state index contributed by atoms with van der Waals surface area (Å²) in [6, 6.07) is 28.2. The van der Waals surface area contributed by atoms with Crippen LogP contribution >= 0.6 is 27.5 Å². The van der Waals surface area contributed by atoms with Crippen molar-refractivity contribution >= 4 is 55.1 Å². The van der Waals surface area contributed by atoms with E-state index in [1.165, 1.54) is 29.2 Å². The van der Waals surface area contributed by atoms with E-state index in [-0.39, 0.29) is 35.5 Å². The molecule has 4 aromatic carbocycles. The molecule has 2 atom stereocenters. The van der Waals surface area contributed by atoms with E-state index in [1.54, 1.807) is 24.3 Å². The summed E-state index contributed by atoms with van der Waals surface area (Å²) in [5.41, 5.74) is 1.91. The number of nitrogens with zero attached hydrogens (tertiary/aromatic N) is 2. The summed E-state index contributed by atoms with van der Waals surface area (Å²) in [5, 5.41) is 3.43. The number of hydrogen-bond acceptors (Lipinski definition) is 5. The quantitative estimate of drug-likeness (QED) is 0.139. The second-order valence-electron chi connectivity index (χ2n) is 11.1. The van der Waals surface area contributed by atoms with Gasteiger partial charge in [-0.2, -0.15) is 0 Å². The Morgan fingerprint density at radius 1 is 0.872 bits per heavy atom. The maximum atomic E-state index is 14.6. The molecular weight excluding hydrogens is 702 g/mol. The Morgan fingerprint density at radius 3 is 2.11 bits per heavy atom. The molecule has 0 aliphatic rings. The maximum absolute atomic E-state index is 14.6. The summed E-state index contributed by atoms with van der Waals surface area (Å²) in [7, 11) is -4.25. The summed E-state index contributed by atoms with van der Waals surface area (Å²) in [6.07, 6.45) is 0.938. The first-order valence-electron chi connectivity index (χ1n) is 15.4. The first-order valence-corrected chi connectivity index (χ1v) is 18.0. The van der Waals surface area contributed by atoms with Crippen molar-refractivity contribution < 1.29 is 22.7 Å². The number of hydrogen-bond donors (Lipinski definition) is 1. The van der Waals surface area contributed by atoms with Gasteiger partial charge in [0.05, 0.1) is 17.2 Å². The summed E-state index contributed by atoms with van der Waals surface area (Å²) in [5.74, 6) is -0.297. The lowest BCUT2D eigenvalue weighted by molar-refractivity contribution is -0.140. The molecule has 0 aliphatic heterocycles. The van der Waals surface area contributed by atoms with Crippen LogP contribution in [0, 0.1) is 0 Å². The number of carbonyl (C=O) groups is 2. The molecule has 0 aromatic heterocycles. The van der Waals surface area contributed by atoms with Crippen LogP contribution in [0.25, 0.3) is 0 Å². The fourth-order valence-corrected chi connectivity index (χ4v) is 6.72. The lowest BCUT2D eigenvalue weighted by Gasteiger charge is -2.34. The van der Waals surface area contributed by atoms with Crippen LogP contribution in [-0.4, -0.2) is 50.4 Å². The standard InChI is InChI=1S/C36H39BrClN3O5S/c1-4-26(3)39-36(43)34(23-27-9-7-6-8-10-27)40(24-28-11-13-29(37)14-12-28)35(42)25-41(31-17-19-32(20-18-31)46-5-2)47(44,45)33-21-15-30(38)16-22-33/h6-22,26,34H,4-5,23-25H2,1-3H3,(H,39,43)/t26-,34-/m0/s1. The first kappa shape index (κ1) is 36.0. The molecule has 0 bridgehead atoms. The Bertz CT molecular complexity index is 1720. The molecule has 47 heavy (non-hydrogen) atoms. The topological polar surface area (TPSA) is 96.0 Å². The lowest BCUT2D eigenvalue weighted by atomic mass is 10.0. The number of amides is 2. The van der Waals surface area contributed by atoms with E-state index in [2.05, 4.69) is 21.2 Å². The zero-order chi connectivity index (χ0) is 34.0. The van der Waals surface area contributed by atoms with Crippen LogP contribution in [0.2, 0.25) is 5.02 Å². The van der Waals surface area contributed by atoms with Crippen LogP contribution in [-0.2, 0) is 32.6 Å². The van der Waals surface area contributed by atoms with Crippen molar-refractivity contribution in [1.82, 2.24) is 10.2 Å².